The molecule has 0 saturated heterocycles. The van der Waals surface area contributed by atoms with E-state index in [9.17, 15) is 14.7 Å². The number of methoxy groups -OCH3 is 1. The number of nitrogens with two attached hydrogens (primary N) is 1. The van der Waals surface area contributed by atoms with Crippen molar-refractivity contribution >= 4 is 17.6 Å². The number of anilines is 1. The molecule has 1 aromatic rings. The van der Waals surface area contributed by atoms with Crippen LogP contribution >= 0.6 is 0 Å². The Morgan fingerprint density at radius 3 is 2.50 bits per heavy atom. The Kier molecular flexibility index (Phi) is 7.99. The number of amides is 1. The van der Waals surface area contributed by atoms with Gasteiger partial charge in [0.25, 0.3) is 0 Å². The summed E-state index contributed by atoms with van der Waals surface area (Å²) in [5, 5.41) is 15.4. The number of ether oxygens (including phenoxy) is 1. The van der Waals surface area contributed by atoms with Crippen LogP contribution in [0.15, 0.2) is 24.3 Å². The highest BCUT2D eigenvalue weighted by molar-refractivity contribution is 5.93. The maximum absolute atomic E-state index is 11.9. The zero-order valence-electron chi connectivity index (χ0n) is 13.1. The van der Waals surface area contributed by atoms with Crippen LogP contribution in [-0.4, -0.2) is 31.6 Å². The Labute approximate surface area is 130 Å². The molecule has 0 fully saturated rings. The van der Waals surface area contributed by atoms with Gasteiger partial charge in [-0.2, -0.15) is 0 Å². The molecule has 0 saturated carbocycles. The van der Waals surface area contributed by atoms with Crippen LogP contribution in [0.25, 0.3) is 0 Å². The molecule has 3 N–H and O–H groups in total. The lowest BCUT2D eigenvalue weighted by Gasteiger charge is -2.16. The number of carbonyl (C=O) groups is 2. The summed E-state index contributed by atoms with van der Waals surface area (Å²) in [6, 6.07) is 6.01. The zero-order chi connectivity index (χ0) is 16.4. The number of rotatable bonds is 10. The quantitative estimate of drug-likeness (QED) is 0.590. The highest BCUT2D eigenvalue weighted by Gasteiger charge is 2.18. The SMILES string of the molecule is CCCCC[NH2+][C@H](CC(=O)Nc1ccc(OC)cc1)C(=O)[O-]. The number of hydrogen-bond donors (Lipinski definition) is 2. The van der Waals surface area contributed by atoms with Crippen LogP contribution < -0.4 is 20.5 Å². The second-order valence-electron chi connectivity index (χ2n) is 5.14. The zero-order valence-corrected chi connectivity index (χ0v) is 13.1. The summed E-state index contributed by atoms with van der Waals surface area (Å²) in [6.07, 6.45) is 2.94. The van der Waals surface area contributed by atoms with E-state index in [1.807, 2.05) is 0 Å². The van der Waals surface area contributed by atoms with Crippen molar-refractivity contribution in [3.05, 3.63) is 24.3 Å². The monoisotopic (exact) mass is 308 g/mol. The Morgan fingerprint density at radius 2 is 1.95 bits per heavy atom. The molecule has 6 nitrogen and oxygen atoms in total. The van der Waals surface area contributed by atoms with E-state index in [0.29, 0.717) is 18.0 Å². The molecule has 0 spiro atoms. The van der Waals surface area contributed by atoms with Gasteiger partial charge in [0.05, 0.1) is 26.0 Å². The molecule has 1 rings (SSSR count). The number of carbonyl (C=O) groups excluding carboxylic acids is 2. The summed E-state index contributed by atoms with van der Waals surface area (Å²) in [6.45, 7) is 2.76. The Balaban J connectivity index is 2.46. The topological polar surface area (TPSA) is 95.1 Å². The third-order valence-electron chi connectivity index (χ3n) is 3.34. The predicted octanol–water partition coefficient (Wildman–Crippen LogP) is -0.104. The second kappa shape index (κ2) is 9.78. The molecule has 0 unspecified atom stereocenters. The van der Waals surface area contributed by atoms with E-state index in [0.717, 1.165) is 19.3 Å². The first kappa shape index (κ1) is 18.0. The number of unbranched alkanes of at least 4 members (excludes halogenated alkanes) is 2. The molecule has 1 aromatic carbocycles. The molecule has 0 aliphatic carbocycles. The Morgan fingerprint density at radius 1 is 1.27 bits per heavy atom. The van der Waals surface area contributed by atoms with Crippen molar-refractivity contribution in [1.82, 2.24) is 0 Å². The molecule has 22 heavy (non-hydrogen) atoms. The van der Waals surface area contributed by atoms with Crippen LogP contribution in [-0.2, 0) is 9.59 Å². The lowest BCUT2D eigenvalue weighted by Crippen LogP contribution is -2.93. The molecule has 6 heteroatoms. The molecular weight excluding hydrogens is 284 g/mol. The first-order valence-corrected chi connectivity index (χ1v) is 7.55. The lowest BCUT2D eigenvalue weighted by molar-refractivity contribution is -0.682. The van der Waals surface area contributed by atoms with Crippen molar-refractivity contribution < 1.29 is 24.7 Å². The summed E-state index contributed by atoms with van der Waals surface area (Å²) < 4.78 is 5.03. The van der Waals surface area contributed by atoms with Crippen molar-refractivity contribution in [2.45, 2.75) is 38.6 Å². The van der Waals surface area contributed by atoms with E-state index >= 15 is 0 Å². The fraction of sp³-hybridized carbons (Fsp3) is 0.500. The first-order chi connectivity index (χ1) is 10.6. The van der Waals surface area contributed by atoms with Gasteiger partial charge < -0.3 is 25.3 Å². The summed E-state index contributed by atoms with van der Waals surface area (Å²) in [7, 11) is 1.56. The number of benzene rings is 1. The van der Waals surface area contributed by atoms with Crippen LogP contribution in [0.5, 0.6) is 5.75 Å². The van der Waals surface area contributed by atoms with Gasteiger partial charge in [-0.1, -0.05) is 13.3 Å². The highest BCUT2D eigenvalue weighted by atomic mass is 16.5. The van der Waals surface area contributed by atoms with Crippen molar-refractivity contribution in [3.63, 3.8) is 0 Å². The third kappa shape index (κ3) is 6.58. The molecular formula is C16H24N2O4. The van der Waals surface area contributed by atoms with E-state index in [-0.39, 0.29) is 12.3 Å². The predicted molar refractivity (Wildman–Crippen MR) is 81.4 cm³/mol. The largest absolute Gasteiger partial charge is 0.544 e. The van der Waals surface area contributed by atoms with Crippen molar-refractivity contribution in [2.24, 2.45) is 0 Å². The van der Waals surface area contributed by atoms with Gasteiger partial charge in [0.15, 0.2) is 0 Å². The molecule has 0 aromatic heterocycles. The van der Waals surface area contributed by atoms with Crippen LogP contribution in [0.4, 0.5) is 5.69 Å². The summed E-state index contributed by atoms with van der Waals surface area (Å²) >= 11 is 0. The highest BCUT2D eigenvalue weighted by Crippen LogP contribution is 2.15. The smallest absolute Gasteiger partial charge is 0.230 e. The lowest BCUT2D eigenvalue weighted by atomic mass is 10.1. The normalized spacial score (nSPS) is 11.7. The summed E-state index contributed by atoms with van der Waals surface area (Å²) in [4.78, 5) is 23.0. The van der Waals surface area contributed by atoms with Gasteiger partial charge in [-0.3, -0.25) is 4.79 Å². The van der Waals surface area contributed by atoms with Gasteiger partial charge in [-0.25, -0.2) is 0 Å². The van der Waals surface area contributed by atoms with Gasteiger partial charge >= 0.3 is 0 Å². The standard InChI is InChI=1S/C16H24N2O4/c1-3-4-5-10-17-14(16(20)21)11-15(19)18-12-6-8-13(22-2)9-7-12/h6-9,14,17H,3-5,10-11H2,1-2H3,(H,18,19)(H,20,21)/t14-/m1/s1. The van der Waals surface area contributed by atoms with Crippen molar-refractivity contribution in [1.29, 1.82) is 0 Å². The molecule has 1 atom stereocenters. The average Bonchev–Trinajstić information content (AvgIpc) is 2.51. The fourth-order valence-corrected chi connectivity index (χ4v) is 2.06. The first-order valence-electron chi connectivity index (χ1n) is 7.55. The maximum atomic E-state index is 11.9. The number of carboxylic acids is 1. The number of hydrogen-bond acceptors (Lipinski definition) is 4. The number of carboxylic acid groups (broad SMARTS) is 1. The van der Waals surface area contributed by atoms with Crippen LogP contribution in [0.1, 0.15) is 32.6 Å². The molecule has 122 valence electrons. The average molecular weight is 308 g/mol. The molecule has 0 bridgehead atoms. The van der Waals surface area contributed by atoms with Crippen molar-refractivity contribution in [2.75, 3.05) is 19.0 Å². The second-order valence-corrected chi connectivity index (χ2v) is 5.14. The van der Waals surface area contributed by atoms with Crippen LogP contribution in [0, 0.1) is 0 Å². The van der Waals surface area contributed by atoms with E-state index in [4.69, 9.17) is 4.74 Å². The van der Waals surface area contributed by atoms with Crippen molar-refractivity contribution in [3.8, 4) is 5.75 Å². The van der Waals surface area contributed by atoms with E-state index in [1.165, 1.54) is 0 Å². The minimum Gasteiger partial charge on any atom is -0.544 e. The molecule has 0 aliphatic heterocycles. The van der Waals surface area contributed by atoms with Gasteiger partial charge in [-0.15, -0.1) is 0 Å². The molecule has 1 amide bonds. The van der Waals surface area contributed by atoms with Gasteiger partial charge in [0, 0.05) is 5.69 Å². The van der Waals surface area contributed by atoms with Gasteiger partial charge in [0.2, 0.25) is 5.91 Å². The number of nitrogens with one attached hydrogen (secondary N) is 1. The Hall–Kier alpha value is -2.08. The third-order valence-corrected chi connectivity index (χ3v) is 3.34. The number of aliphatic carboxylic acids is 1. The van der Waals surface area contributed by atoms with E-state index in [1.54, 1.807) is 36.7 Å². The van der Waals surface area contributed by atoms with E-state index in [2.05, 4.69) is 12.2 Å². The minimum absolute atomic E-state index is 0.111. The molecule has 0 heterocycles. The summed E-state index contributed by atoms with van der Waals surface area (Å²) in [5.41, 5.74) is 0.605. The summed E-state index contributed by atoms with van der Waals surface area (Å²) in [5.74, 6) is -0.859. The molecule has 0 radical (unpaired) electrons. The van der Waals surface area contributed by atoms with Gasteiger partial charge in [-0.05, 0) is 37.1 Å². The van der Waals surface area contributed by atoms with Gasteiger partial charge in [0.1, 0.15) is 11.8 Å². The number of quaternary nitrogens is 1. The van der Waals surface area contributed by atoms with Crippen LogP contribution in [0.2, 0.25) is 0 Å². The molecule has 0 aliphatic rings. The van der Waals surface area contributed by atoms with Crippen LogP contribution in [0.3, 0.4) is 0 Å². The minimum atomic E-state index is -1.21. The Bertz CT molecular complexity index is 474. The maximum Gasteiger partial charge on any atom is 0.230 e. The fourth-order valence-electron chi connectivity index (χ4n) is 2.06. The van der Waals surface area contributed by atoms with E-state index < -0.39 is 12.0 Å².